The Morgan fingerprint density at radius 1 is 1.25 bits per heavy atom. The molecule has 0 amide bonds. The van der Waals surface area contributed by atoms with E-state index in [1.165, 1.54) is 0 Å². The normalized spacial score (nSPS) is 15.5. The predicted octanol–water partition coefficient (Wildman–Crippen LogP) is 2.47. The Hall–Kier alpha value is -0.910. The van der Waals surface area contributed by atoms with Crippen LogP contribution in [0, 0.1) is 0 Å². The summed E-state index contributed by atoms with van der Waals surface area (Å²) in [6.45, 7) is 3.85. The highest BCUT2D eigenvalue weighted by Crippen LogP contribution is 2.32. The second-order valence-corrected chi connectivity index (χ2v) is 6.14. The zero-order chi connectivity index (χ0) is 15.1. The molecule has 0 heterocycles. The van der Waals surface area contributed by atoms with Gasteiger partial charge < -0.3 is 19.9 Å². The molecule has 0 fully saturated rings. The van der Waals surface area contributed by atoms with Crippen molar-refractivity contribution in [3.8, 4) is 11.5 Å². The van der Waals surface area contributed by atoms with Crippen LogP contribution >= 0.6 is 11.8 Å². The fourth-order valence-corrected chi connectivity index (χ4v) is 2.94. The van der Waals surface area contributed by atoms with Gasteiger partial charge in [0.15, 0.2) is 0 Å². The molecule has 0 bridgehead atoms. The lowest BCUT2D eigenvalue weighted by Crippen LogP contribution is -2.23. The number of hydrogen-bond donors (Lipinski definition) is 2. The van der Waals surface area contributed by atoms with Crippen molar-refractivity contribution in [3.63, 3.8) is 0 Å². The Morgan fingerprint density at radius 2 is 1.95 bits per heavy atom. The van der Waals surface area contributed by atoms with Crippen LogP contribution in [0.4, 0.5) is 0 Å². The number of hydrogen-bond acceptors (Lipinski definition) is 5. The summed E-state index contributed by atoms with van der Waals surface area (Å²) in [7, 11) is 5.24. The van der Waals surface area contributed by atoms with Crippen molar-refractivity contribution in [3.05, 3.63) is 23.8 Å². The molecule has 0 aliphatic carbocycles. The van der Waals surface area contributed by atoms with Crippen LogP contribution in [0.5, 0.6) is 11.5 Å². The smallest absolute Gasteiger partial charge is 0.127 e. The van der Waals surface area contributed by atoms with Crippen LogP contribution in [0.2, 0.25) is 0 Å². The monoisotopic (exact) mass is 299 g/mol. The van der Waals surface area contributed by atoms with E-state index >= 15 is 0 Å². The summed E-state index contributed by atoms with van der Waals surface area (Å²) >= 11 is 1.74. The van der Waals surface area contributed by atoms with E-state index in [2.05, 4.69) is 5.32 Å². The van der Waals surface area contributed by atoms with E-state index in [0.29, 0.717) is 0 Å². The molecular weight excluding hydrogens is 274 g/mol. The molecule has 3 atom stereocenters. The topological polar surface area (TPSA) is 50.7 Å². The molecule has 1 aromatic rings. The van der Waals surface area contributed by atoms with Crippen LogP contribution in [0.3, 0.4) is 0 Å². The molecule has 20 heavy (non-hydrogen) atoms. The summed E-state index contributed by atoms with van der Waals surface area (Å²) in [6.07, 6.45) is -0.310. The maximum absolute atomic E-state index is 9.56. The first kappa shape index (κ1) is 17.1. The van der Waals surface area contributed by atoms with E-state index in [4.69, 9.17) is 9.47 Å². The number of ether oxygens (including phenoxy) is 2. The van der Waals surface area contributed by atoms with Gasteiger partial charge >= 0.3 is 0 Å². The number of aliphatic hydroxyl groups excluding tert-OH is 1. The summed E-state index contributed by atoms with van der Waals surface area (Å²) in [5.74, 6) is 2.46. The summed E-state index contributed by atoms with van der Waals surface area (Å²) in [4.78, 5) is 0. The molecule has 0 saturated heterocycles. The average molecular weight is 299 g/mol. The SMILES string of the molecule is CNC(CSC(C)C(C)O)c1ccc(OC)cc1OC. The molecule has 1 aromatic carbocycles. The molecule has 0 aliphatic rings. The highest BCUT2D eigenvalue weighted by molar-refractivity contribution is 7.99. The largest absolute Gasteiger partial charge is 0.497 e. The van der Waals surface area contributed by atoms with Gasteiger partial charge in [-0.1, -0.05) is 13.0 Å². The third-order valence-corrected chi connectivity index (χ3v) is 4.82. The Balaban J connectivity index is 2.83. The maximum atomic E-state index is 9.56. The van der Waals surface area contributed by atoms with E-state index < -0.39 is 0 Å². The van der Waals surface area contributed by atoms with Crippen molar-refractivity contribution in [1.29, 1.82) is 0 Å². The van der Waals surface area contributed by atoms with Crippen molar-refractivity contribution in [1.82, 2.24) is 5.32 Å². The first-order chi connectivity index (χ1) is 9.53. The zero-order valence-corrected chi connectivity index (χ0v) is 13.7. The van der Waals surface area contributed by atoms with E-state index in [0.717, 1.165) is 22.8 Å². The van der Waals surface area contributed by atoms with Gasteiger partial charge in [0, 0.05) is 28.7 Å². The summed E-state index contributed by atoms with van der Waals surface area (Å²) < 4.78 is 10.7. The van der Waals surface area contributed by atoms with Gasteiger partial charge in [0.05, 0.1) is 20.3 Å². The number of methoxy groups -OCH3 is 2. The van der Waals surface area contributed by atoms with E-state index in [1.54, 1.807) is 26.0 Å². The molecule has 0 saturated carbocycles. The minimum Gasteiger partial charge on any atom is -0.497 e. The number of rotatable bonds is 8. The second kappa shape index (κ2) is 8.39. The van der Waals surface area contributed by atoms with E-state index in [1.807, 2.05) is 39.1 Å². The van der Waals surface area contributed by atoms with Crippen molar-refractivity contribution < 1.29 is 14.6 Å². The molecule has 5 heteroatoms. The average Bonchev–Trinajstić information content (AvgIpc) is 2.47. The summed E-state index contributed by atoms with van der Waals surface area (Å²) in [5.41, 5.74) is 1.10. The molecule has 0 spiro atoms. The Morgan fingerprint density at radius 3 is 2.45 bits per heavy atom. The quantitative estimate of drug-likeness (QED) is 0.772. The van der Waals surface area contributed by atoms with Crippen LogP contribution in [-0.4, -0.2) is 43.5 Å². The molecule has 0 aromatic heterocycles. The van der Waals surface area contributed by atoms with Gasteiger partial charge in [0.25, 0.3) is 0 Å². The first-order valence-electron chi connectivity index (χ1n) is 6.72. The highest BCUT2D eigenvalue weighted by atomic mass is 32.2. The Bertz CT molecular complexity index is 412. The number of thioether (sulfide) groups is 1. The van der Waals surface area contributed by atoms with Crippen LogP contribution in [0.1, 0.15) is 25.5 Å². The minimum absolute atomic E-state index is 0.169. The molecule has 2 N–H and O–H groups in total. The first-order valence-corrected chi connectivity index (χ1v) is 7.77. The molecule has 3 unspecified atom stereocenters. The van der Waals surface area contributed by atoms with Gasteiger partial charge in [0.1, 0.15) is 11.5 Å². The Labute approximate surface area is 125 Å². The van der Waals surface area contributed by atoms with E-state index in [-0.39, 0.29) is 17.4 Å². The van der Waals surface area contributed by atoms with Gasteiger partial charge in [-0.3, -0.25) is 0 Å². The fourth-order valence-electron chi connectivity index (χ4n) is 1.82. The lowest BCUT2D eigenvalue weighted by Gasteiger charge is -2.22. The third kappa shape index (κ3) is 4.58. The van der Waals surface area contributed by atoms with Gasteiger partial charge in [-0.15, -0.1) is 0 Å². The standard InChI is InChI=1S/C15H25NO3S/c1-10(17)11(2)20-9-14(16-3)13-7-6-12(18-4)8-15(13)19-5/h6-8,10-11,14,16-17H,9H2,1-5H3. The lowest BCUT2D eigenvalue weighted by molar-refractivity contribution is 0.196. The van der Waals surface area contributed by atoms with Crippen molar-refractivity contribution in [2.45, 2.75) is 31.2 Å². The fraction of sp³-hybridized carbons (Fsp3) is 0.600. The molecule has 0 aliphatic heterocycles. The molecule has 1 rings (SSSR count). The van der Waals surface area contributed by atoms with Crippen LogP contribution in [0.15, 0.2) is 18.2 Å². The lowest BCUT2D eigenvalue weighted by atomic mass is 10.1. The van der Waals surface area contributed by atoms with Crippen LogP contribution < -0.4 is 14.8 Å². The highest BCUT2D eigenvalue weighted by Gasteiger charge is 2.18. The van der Waals surface area contributed by atoms with Gasteiger partial charge in [-0.2, -0.15) is 11.8 Å². The number of nitrogens with one attached hydrogen (secondary N) is 1. The zero-order valence-electron chi connectivity index (χ0n) is 12.8. The van der Waals surface area contributed by atoms with Gasteiger partial charge in [-0.25, -0.2) is 0 Å². The number of benzene rings is 1. The van der Waals surface area contributed by atoms with Crippen molar-refractivity contribution in [2.75, 3.05) is 27.0 Å². The van der Waals surface area contributed by atoms with Crippen molar-refractivity contribution >= 4 is 11.8 Å². The van der Waals surface area contributed by atoms with Gasteiger partial charge in [0.2, 0.25) is 0 Å². The molecular formula is C15H25NO3S. The Kier molecular flexibility index (Phi) is 7.19. The summed E-state index contributed by atoms with van der Waals surface area (Å²) in [5, 5.41) is 13.1. The van der Waals surface area contributed by atoms with E-state index in [9.17, 15) is 5.11 Å². The molecule has 0 radical (unpaired) electrons. The maximum Gasteiger partial charge on any atom is 0.127 e. The predicted molar refractivity (Wildman–Crippen MR) is 84.9 cm³/mol. The third-order valence-electron chi connectivity index (χ3n) is 3.37. The van der Waals surface area contributed by atoms with Gasteiger partial charge in [-0.05, 0) is 20.0 Å². The number of aliphatic hydroxyl groups is 1. The minimum atomic E-state index is -0.310. The van der Waals surface area contributed by atoms with Crippen molar-refractivity contribution in [2.24, 2.45) is 0 Å². The summed E-state index contributed by atoms with van der Waals surface area (Å²) in [6, 6.07) is 6.02. The second-order valence-electron chi connectivity index (χ2n) is 4.73. The van der Waals surface area contributed by atoms with Crippen LogP contribution in [0.25, 0.3) is 0 Å². The van der Waals surface area contributed by atoms with Crippen LogP contribution in [-0.2, 0) is 0 Å². The molecule has 4 nitrogen and oxygen atoms in total. The molecule has 114 valence electrons.